The Balaban J connectivity index is 3.31. The molecule has 0 atom stereocenters. The summed E-state index contributed by atoms with van der Waals surface area (Å²) < 4.78 is 12.7. The molecule has 0 aliphatic carbocycles. The minimum absolute atomic E-state index is 0.249. The van der Waals surface area contributed by atoms with Gasteiger partial charge in [-0.2, -0.15) is 0 Å². The average molecular weight is 174 g/mol. The Labute approximate surface area is 68.0 Å². The van der Waals surface area contributed by atoms with Crippen molar-refractivity contribution in [3.8, 4) is 0 Å². The van der Waals surface area contributed by atoms with Gasteiger partial charge in [-0.05, 0) is 29.8 Å². The van der Waals surface area contributed by atoms with Crippen LogP contribution >= 0.6 is 11.6 Å². The summed E-state index contributed by atoms with van der Waals surface area (Å²) in [6.45, 7) is 1.65. The van der Waals surface area contributed by atoms with E-state index in [1.807, 2.05) is 0 Å². The van der Waals surface area contributed by atoms with Crippen LogP contribution in [0.4, 0.5) is 10.1 Å². The standard InChI is InChI=1S/C7H5ClFNO/c1-4-2-6(9)7(10-11)3-5(4)8/h2-3H,1H3. The van der Waals surface area contributed by atoms with Gasteiger partial charge in [0.25, 0.3) is 0 Å². The Morgan fingerprint density at radius 1 is 1.55 bits per heavy atom. The first kappa shape index (κ1) is 8.14. The van der Waals surface area contributed by atoms with Crippen LogP contribution < -0.4 is 0 Å². The molecule has 0 unspecified atom stereocenters. The van der Waals surface area contributed by atoms with Crippen molar-refractivity contribution < 1.29 is 4.39 Å². The zero-order valence-electron chi connectivity index (χ0n) is 5.77. The molecule has 0 aliphatic rings. The molecule has 0 heterocycles. The van der Waals surface area contributed by atoms with Gasteiger partial charge in [-0.1, -0.05) is 11.6 Å². The lowest BCUT2D eigenvalue weighted by atomic mass is 10.2. The minimum Gasteiger partial charge on any atom is -0.204 e. The van der Waals surface area contributed by atoms with Crippen LogP contribution in [0.2, 0.25) is 5.02 Å². The maximum Gasteiger partial charge on any atom is 0.152 e. The fourth-order valence-corrected chi connectivity index (χ4v) is 0.864. The number of nitroso groups, excluding NO2 is 1. The third kappa shape index (κ3) is 1.54. The molecule has 0 bridgehead atoms. The summed E-state index contributed by atoms with van der Waals surface area (Å²) in [5.41, 5.74) is 0.345. The van der Waals surface area contributed by atoms with Gasteiger partial charge >= 0.3 is 0 Å². The predicted octanol–water partition coefficient (Wildman–Crippen LogP) is 3.19. The number of hydrogen-bond acceptors (Lipinski definition) is 2. The molecule has 4 heteroatoms. The van der Waals surface area contributed by atoms with Crippen molar-refractivity contribution in [3.05, 3.63) is 33.4 Å². The van der Waals surface area contributed by atoms with E-state index >= 15 is 0 Å². The molecule has 0 saturated carbocycles. The van der Waals surface area contributed by atoms with E-state index in [-0.39, 0.29) is 5.69 Å². The molecule has 1 rings (SSSR count). The van der Waals surface area contributed by atoms with Gasteiger partial charge in [0.1, 0.15) is 5.69 Å². The maximum absolute atomic E-state index is 12.7. The van der Waals surface area contributed by atoms with Crippen molar-refractivity contribution in [3.63, 3.8) is 0 Å². The van der Waals surface area contributed by atoms with Crippen LogP contribution in [0.25, 0.3) is 0 Å². The highest BCUT2D eigenvalue weighted by molar-refractivity contribution is 6.31. The van der Waals surface area contributed by atoms with E-state index in [1.54, 1.807) is 6.92 Å². The van der Waals surface area contributed by atoms with E-state index < -0.39 is 5.82 Å². The van der Waals surface area contributed by atoms with E-state index in [0.717, 1.165) is 0 Å². The molecular formula is C7H5ClFNO. The van der Waals surface area contributed by atoms with Crippen molar-refractivity contribution in [2.75, 3.05) is 0 Å². The van der Waals surface area contributed by atoms with E-state index in [2.05, 4.69) is 5.18 Å². The van der Waals surface area contributed by atoms with Crippen LogP contribution in [-0.2, 0) is 0 Å². The first-order valence-corrected chi connectivity index (χ1v) is 3.32. The molecule has 0 amide bonds. The van der Waals surface area contributed by atoms with E-state index in [0.29, 0.717) is 10.6 Å². The lowest BCUT2D eigenvalue weighted by Crippen LogP contribution is -1.79. The number of aryl methyl sites for hydroxylation is 1. The van der Waals surface area contributed by atoms with Gasteiger partial charge in [-0.3, -0.25) is 0 Å². The topological polar surface area (TPSA) is 29.4 Å². The van der Waals surface area contributed by atoms with Crippen LogP contribution in [0.1, 0.15) is 5.56 Å². The lowest BCUT2D eigenvalue weighted by Gasteiger charge is -1.97. The molecule has 0 spiro atoms. The van der Waals surface area contributed by atoms with Crippen LogP contribution in [0.3, 0.4) is 0 Å². The largest absolute Gasteiger partial charge is 0.204 e. The SMILES string of the molecule is Cc1cc(F)c(N=O)cc1Cl. The molecule has 0 aromatic heterocycles. The second-order valence-electron chi connectivity index (χ2n) is 2.14. The number of rotatable bonds is 1. The van der Waals surface area contributed by atoms with E-state index in [1.165, 1.54) is 12.1 Å². The van der Waals surface area contributed by atoms with Crippen LogP contribution in [0.15, 0.2) is 17.3 Å². The predicted molar refractivity (Wildman–Crippen MR) is 41.6 cm³/mol. The highest BCUT2D eigenvalue weighted by Gasteiger charge is 2.05. The second kappa shape index (κ2) is 2.96. The second-order valence-corrected chi connectivity index (χ2v) is 2.55. The summed E-state index contributed by atoms with van der Waals surface area (Å²) in [4.78, 5) is 9.94. The summed E-state index contributed by atoms with van der Waals surface area (Å²) >= 11 is 5.60. The average Bonchev–Trinajstić information content (AvgIpc) is 1.97. The summed E-state index contributed by atoms with van der Waals surface area (Å²) in [6.07, 6.45) is 0. The molecule has 1 aromatic rings. The van der Waals surface area contributed by atoms with Gasteiger partial charge in [0.2, 0.25) is 0 Å². The van der Waals surface area contributed by atoms with Crippen molar-refractivity contribution in [2.45, 2.75) is 6.92 Å². The quantitative estimate of drug-likeness (QED) is 0.600. The molecule has 0 saturated heterocycles. The van der Waals surface area contributed by atoms with Crippen molar-refractivity contribution in [1.82, 2.24) is 0 Å². The van der Waals surface area contributed by atoms with Gasteiger partial charge in [-0.25, -0.2) is 4.39 Å². The molecule has 2 nitrogen and oxygen atoms in total. The molecular weight excluding hydrogens is 169 g/mol. The number of halogens is 2. The lowest BCUT2D eigenvalue weighted by molar-refractivity contribution is 0.628. The zero-order chi connectivity index (χ0) is 8.43. The first-order chi connectivity index (χ1) is 5.15. The Morgan fingerprint density at radius 3 is 2.73 bits per heavy atom. The van der Waals surface area contributed by atoms with Crippen LogP contribution in [0, 0.1) is 17.6 Å². The van der Waals surface area contributed by atoms with E-state index in [4.69, 9.17) is 11.6 Å². The fraction of sp³-hybridized carbons (Fsp3) is 0.143. The van der Waals surface area contributed by atoms with Crippen LogP contribution in [-0.4, -0.2) is 0 Å². The Hall–Kier alpha value is -0.960. The van der Waals surface area contributed by atoms with Gasteiger partial charge in [0.15, 0.2) is 5.82 Å². The van der Waals surface area contributed by atoms with Crippen molar-refractivity contribution in [1.29, 1.82) is 0 Å². The van der Waals surface area contributed by atoms with E-state index in [9.17, 15) is 9.30 Å². The Morgan fingerprint density at radius 2 is 2.18 bits per heavy atom. The maximum atomic E-state index is 12.7. The summed E-state index contributed by atoms with van der Waals surface area (Å²) in [6, 6.07) is 2.39. The van der Waals surface area contributed by atoms with Crippen LogP contribution in [0.5, 0.6) is 0 Å². The smallest absolute Gasteiger partial charge is 0.152 e. The molecule has 0 aliphatic heterocycles. The molecule has 0 N–H and O–H groups in total. The van der Waals surface area contributed by atoms with Gasteiger partial charge < -0.3 is 0 Å². The highest BCUT2D eigenvalue weighted by Crippen LogP contribution is 2.25. The van der Waals surface area contributed by atoms with Gasteiger partial charge in [0.05, 0.1) is 0 Å². The molecule has 1 aromatic carbocycles. The van der Waals surface area contributed by atoms with Gasteiger partial charge in [0, 0.05) is 5.02 Å². The van der Waals surface area contributed by atoms with Crippen molar-refractivity contribution >= 4 is 17.3 Å². The normalized spacial score (nSPS) is 9.73. The molecule has 0 fully saturated rings. The number of hydrogen-bond donors (Lipinski definition) is 0. The summed E-state index contributed by atoms with van der Waals surface area (Å²) in [5, 5.41) is 2.81. The zero-order valence-corrected chi connectivity index (χ0v) is 6.52. The third-order valence-corrected chi connectivity index (χ3v) is 1.73. The first-order valence-electron chi connectivity index (χ1n) is 2.94. The number of nitrogens with zero attached hydrogens (tertiary/aromatic N) is 1. The third-order valence-electron chi connectivity index (χ3n) is 1.33. The molecule has 58 valence electrons. The highest BCUT2D eigenvalue weighted by atomic mass is 35.5. The summed E-state index contributed by atoms with van der Waals surface area (Å²) in [5.74, 6) is -0.637. The van der Waals surface area contributed by atoms with Crippen molar-refractivity contribution in [2.24, 2.45) is 5.18 Å². The number of benzene rings is 1. The van der Waals surface area contributed by atoms with Gasteiger partial charge in [-0.15, -0.1) is 4.91 Å². The monoisotopic (exact) mass is 173 g/mol. The Bertz CT molecular complexity index is 301. The summed E-state index contributed by atoms with van der Waals surface area (Å²) in [7, 11) is 0. The molecule has 0 radical (unpaired) electrons. The Kier molecular flexibility index (Phi) is 2.19. The minimum atomic E-state index is -0.637. The fourth-order valence-electron chi connectivity index (χ4n) is 0.706. The molecule has 11 heavy (non-hydrogen) atoms.